The number of sulfone groups is 1. The molecule has 3 aromatic carbocycles. The van der Waals surface area contributed by atoms with Gasteiger partial charge in [0.05, 0.1) is 38.7 Å². The Balaban J connectivity index is 1.48. The third-order valence-electron chi connectivity index (χ3n) is 6.86. The van der Waals surface area contributed by atoms with E-state index >= 15 is 0 Å². The molecule has 3 aromatic rings. The van der Waals surface area contributed by atoms with Crippen LogP contribution in [0.3, 0.4) is 0 Å². The fourth-order valence-electron chi connectivity index (χ4n) is 4.83. The van der Waals surface area contributed by atoms with E-state index in [1.54, 1.807) is 31.2 Å². The highest BCUT2D eigenvalue weighted by Crippen LogP contribution is 2.39. The van der Waals surface area contributed by atoms with E-state index in [2.05, 4.69) is 11.4 Å². The molecule has 0 saturated heterocycles. The van der Waals surface area contributed by atoms with E-state index in [1.807, 2.05) is 18.2 Å². The summed E-state index contributed by atoms with van der Waals surface area (Å²) >= 11 is 13.2. The average Bonchev–Trinajstić information content (AvgIpc) is 3.38. The molecule has 1 amide bonds. The standard InChI is InChI=1S/C29H28Cl2N2O3S/c1-2-37(35,36)25-11-7-20(8-12-25)14-28(34)33-24-16-26(30)29(27(31)17-24)22-10-9-21(23(15-22)18-32)13-19-5-3-4-6-19/h7-12,15-17,19H,2-6,13-14H2,1H3,(H,33,34). The van der Waals surface area contributed by atoms with Gasteiger partial charge in [-0.15, -0.1) is 0 Å². The summed E-state index contributed by atoms with van der Waals surface area (Å²) in [5.74, 6) is 0.372. The highest BCUT2D eigenvalue weighted by atomic mass is 35.5. The van der Waals surface area contributed by atoms with Gasteiger partial charge in [0.2, 0.25) is 5.91 Å². The van der Waals surface area contributed by atoms with Crippen molar-refractivity contribution in [3.8, 4) is 17.2 Å². The first-order valence-electron chi connectivity index (χ1n) is 12.3. The molecule has 1 aliphatic carbocycles. The van der Waals surface area contributed by atoms with Crippen LogP contribution in [0.25, 0.3) is 11.1 Å². The van der Waals surface area contributed by atoms with Gasteiger partial charge in [-0.25, -0.2) is 8.42 Å². The van der Waals surface area contributed by atoms with Crippen molar-refractivity contribution in [2.75, 3.05) is 11.1 Å². The molecule has 0 aliphatic heterocycles. The third kappa shape index (κ3) is 6.54. The molecule has 8 heteroatoms. The number of amides is 1. The number of carbonyl (C=O) groups is 1. The Morgan fingerprint density at radius 3 is 2.27 bits per heavy atom. The fraction of sp³-hybridized carbons (Fsp3) is 0.310. The first-order chi connectivity index (χ1) is 17.7. The fourth-order valence-corrected chi connectivity index (χ4v) is 6.42. The number of carbonyl (C=O) groups excluding carboxylic acids is 1. The van der Waals surface area contributed by atoms with E-state index in [-0.39, 0.29) is 23.0 Å². The number of hydrogen-bond acceptors (Lipinski definition) is 4. The number of nitrogens with zero attached hydrogens (tertiary/aromatic N) is 1. The maximum Gasteiger partial charge on any atom is 0.228 e. The first-order valence-corrected chi connectivity index (χ1v) is 14.7. The van der Waals surface area contributed by atoms with E-state index in [4.69, 9.17) is 23.2 Å². The number of nitrogens with one attached hydrogen (secondary N) is 1. The van der Waals surface area contributed by atoms with Crippen molar-refractivity contribution < 1.29 is 13.2 Å². The van der Waals surface area contributed by atoms with Crippen molar-refractivity contribution in [3.63, 3.8) is 0 Å². The van der Waals surface area contributed by atoms with Crippen molar-refractivity contribution in [1.82, 2.24) is 0 Å². The van der Waals surface area contributed by atoms with Crippen LogP contribution >= 0.6 is 23.2 Å². The predicted molar refractivity (Wildman–Crippen MR) is 149 cm³/mol. The molecule has 0 heterocycles. The van der Waals surface area contributed by atoms with Crippen LogP contribution in [0.5, 0.6) is 0 Å². The van der Waals surface area contributed by atoms with Crippen LogP contribution in [-0.2, 0) is 27.5 Å². The summed E-state index contributed by atoms with van der Waals surface area (Å²) in [4.78, 5) is 12.8. The quantitative estimate of drug-likeness (QED) is 0.318. The largest absolute Gasteiger partial charge is 0.326 e. The highest BCUT2D eigenvalue weighted by Gasteiger charge is 2.19. The highest BCUT2D eigenvalue weighted by molar-refractivity contribution is 7.91. The third-order valence-corrected chi connectivity index (χ3v) is 9.20. The molecule has 0 aromatic heterocycles. The minimum absolute atomic E-state index is 0.0206. The van der Waals surface area contributed by atoms with Crippen molar-refractivity contribution in [2.45, 2.75) is 50.3 Å². The molecule has 0 spiro atoms. The second-order valence-electron chi connectivity index (χ2n) is 9.43. The maximum absolute atomic E-state index is 12.6. The summed E-state index contributed by atoms with van der Waals surface area (Å²) in [7, 11) is -3.29. The van der Waals surface area contributed by atoms with Gasteiger partial charge in [0.1, 0.15) is 0 Å². The van der Waals surface area contributed by atoms with Crippen LogP contribution in [-0.4, -0.2) is 20.1 Å². The molecule has 0 unspecified atom stereocenters. The van der Waals surface area contributed by atoms with Gasteiger partial charge in [0.15, 0.2) is 9.84 Å². The first kappa shape index (κ1) is 27.2. The van der Waals surface area contributed by atoms with Gasteiger partial charge in [-0.05, 0) is 59.4 Å². The Morgan fingerprint density at radius 2 is 1.68 bits per heavy atom. The Morgan fingerprint density at radius 1 is 1.03 bits per heavy atom. The van der Waals surface area contributed by atoms with Crippen molar-refractivity contribution in [1.29, 1.82) is 5.26 Å². The Kier molecular flexibility index (Phi) is 8.59. The molecule has 1 aliphatic rings. The second kappa shape index (κ2) is 11.7. The topological polar surface area (TPSA) is 87.0 Å². The molecule has 0 atom stereocenters. The molecule has 1 fully saturated rings. The minimum Gasteiger partial charge on any atom is -0.326 e. The average molecular weight is 556 g/mol. The lowest BCUT2D eigenvalue weighted by molar-refractivity contribution is -0.115. The van der Waals surface area contributed by atoms with E-state index < -0.39 is 9.84 Å². The lowest BCUT2D eigenvalue weighted by atomic mass is 9.92. The molecule has 37 heavy (non-hydrogen) atoms. The van der Waals surface area contributed by atoms with E-state index in [0.29, 0.717) is 38.3 Å². The molecular weight excluding hydrogens is 527 g/mol. The zero-order valence-corrected chi connectivity index (χ0v) is 22.9. The molecule has 4 rings (SSSR count). The lowest BCUT2D eigenvalue weighted by Gasteiger charge is -2.14. The van der Waals surface area contributed by atoms with Crippen LogP contribution in [0.15, 0.2) is 59.5 Å². The number of anilines is 1. The van der Waals surface area contributed by atoms with E-state index in [0.717, 1.165) is 17.5 Å². The summed E-state index contributed by atoms with van der Waals surface area (Å²) in [6.45, 7) is 1.59. The van der Waals surface area contributed by atoms with Gasteiger partial charge in [0.25, 0.3) is 0 Å². The van der Waals surface area contributed by atoms with Crippen molar-refractivity contribution in [3.05, 3.63) is 81.3 Å². The Bertz CT molecular complexity index is 1430. The summed E-state index contributed by atoms with van der Waals surface area (Å²) in [6, 6.07) is 17.6. The summed E-state index contributed by atoms with van der Waals surface area (Å²) in [5, 5.41) is 13.3. The number of benzene rings is 3. The maximum atomic E-state index is 12.6. The molecule has 0 bridgehead atoms. The monoisotopic (exact) mass is 554 g/mol. The van der Waals surface area contributed by atoms with Crippen LogP contribution in [0, 0.1) is 17.2 Å². The van der Waals surface area contributed by atoms with E-state index in [9.17, 15) is 18.5 Å². The molecular formula is C29H28Cl2N2O3S. The minimum atomic E-state index is -3.29. The van der Waals surface area contributed by atoms with Crippen LogP contribution in [0.1, 0.15) is 49.3 Å². The number of halogens is 2. The number of nitriles is 1. The van der Waals surface area contributed by atoms with Gasteiger partial charge in [-0.2, -0.15) is 5.26 Å². The summed E-state index contributed by atoms with van der Waals surface area (Å²) in [6.07, 6.45) is 5.92. The smallest absolute Gasteiger partial charge is 0.228 e. The molecule has 5 nitrogen and oxygen atoms in total. The van der Waals surface area contributed by atoms with Crippen molar-refractivity contribution in [2.24, 2.45) is 5.92 Å². The van der Waals surface area contributed by atoms with Gasteiger partial charge in [0, 0.05) is 11.3 Å². The number of hydrogen-bond donors (Lipinski definition) is 1. The normalized spacial score (nSPS) is 13.9. The Hall–Kier alpha value is -2.85. The predicted octanol–water partition coefficient (Wildman–Crippen LogP) is 7.24. The zero-order valence-electron chi connectivity index (χ0n) is 20.6. The van der Waals surface area contributed by atoms with Gasteiger partial charge >= 0.3 is 0 Å². The number of rotatable bonds is 8. The van der Waals surface area contributed by atoms with Crippen molar-refractivity contribution >= 4 is 44.6 Å². The molecule has 1 N–H and O–H groups in total. The van der Waals surface area contributed by atoms with Crippen LogP contribution < -0.4 is 5.32 Å². The molecule has 0 radical (unpaired) electrons. The van der Waals surface area contributed by atoms with E-state index in [1.165, 1.54) is 37.8 Å². The van der Waals surface area contributed by atoms with Gasteiger partial charge in [-0.1, -0.05) is 80.1 Å². The van der Waals surface area contributed by atoms with Gasteiger partial charge in [-0.3, -0.25) is 4.79 Å². The molecule has 192 valence electrons. The summed E-state index contributed by atoms with van der Waals surface area (Å²) in [5.41, 5.74) is 4.18. The zero-order chi connectivity index (χ0) is 26.6. The van der Waals surface area contributed by atoms with Crippen LogP contribution in [0.4, 0.5) is 5.69 Å². The SMILES string of the molecule is CCS(=O)(=O)c1ccc(CC(=O)Nc2cc(Cl)c(-c3ccc(CC4CCCC4)c(C#N)c3)c(Cl)c2)cc1. The van der Waals surface area contributed by atoms with Gasteiger partial charge < -0.3 is 5.32 Å². The second-order valence-corrected chi connectivity index (χ2v) is 12.5. The van der Waals surface area contributed by atoms with Crippen LogP contribution in [0.2, 0.25) is 10.0 Å². The molecule has 1 saturated carbocycles. The summed E-state index contributed by atoms with van der Waals surface area (Å²) < 4.78 is 23.9. The lowest BCUT2D eigenvalue weighted by Crippen LogP contribution is -2.14. The Labute approximate surface area is 228 Å².